The van der Waals surface area contributed by atoms with Gasteiger partial charge in [-0.2, -0.15) is 0 Å². The van der Waals surface area contributed by atoms with Gasteiger partial charge in [-0.15, -0.1) is 0 Å². The molecule has 1 aromatic heterocycles. The van der Waals surface area contributed by atoms with Crippen molar-refractivity contribution in [3.05, 3.63) is 18.2 Å². The number of imidazole rings is 1. The summed E-state index contributed by atoms with van der Waals surface area (Å²) in [6, 6.07) is 0. The molecule has 0 amide bonds. The molecule has 0 saturated carbocycles. The molecule has 21 heavy (non-hydrogen) atoms. The van der Waals surface area contributed by atoms with Crippen LogP contribution in [-0.2, 0) is 23.1 Å². The van der Waals surface area contributed by atoms with Crippen LogP contribution in [0.2, 0.25) is 0 Å². The molecule has 2 unspecified atom stereocenters. The molecule has 0 radical (unpaired) electrons. The summed E-state index contributed by atoms with van der Waals surface area (Å²) in [4.78, 5) is 6.95. The fourth-order valence-electron chi connectivity index (χ4n) is 3.77. The van der Waals surface area contributed by atoms with Gasteiger partial charge in [-0.1, -0.05) is 0 Å². The Balaban J connectivity index is 1.57. The zero-order chi connectivity index (χ0) is 14.7. The van der Waals surface area contributed by atoms with E-state index < -0.39 is 0 Å². The third-order valence-electron chi connectivity index (χ3n) is 4.92. The number of ether oxygens (including phenoxy) is 2. The van der Waals surface area contributed by atoms with Gasteiger partial charge in [0.25, 0.3) is 0 Å². The van der Waals surface area contributed by atoms with Gasteiger partial charge in [0.15, 0.2) is 0 Å². The molecule has 5 heteroatoms. The van der Waals surface area contributed by atoms with Gasteiger partial charge < -0.3 is 14.0 Å². The minimum atomic E-state index is 0.0851. The first-order valence-corrected chi connectivity index (χ1v) is 8.02. The largest absolute Gasteiger partial charge is 0.385 e. The number of hydrogen-bond acceptors (Lipinski definition) is 4. The third kappa shape index (κ3) is 3.47. The quantitative estimate of drug-likeness (QED) is 0.830. The lowest BCUT2D eigenvalue weighted by atomic mass is 9.85. The second kappa shape index (κ2) is 6.46. The Labute approximate surface area is 127 Å². The summed E-state index contributed by atoms with van der Waals surface area (Å²) in [6.07, 6.45) is 8.63. The fraction of sp³-hybridized carbons (Fsp3) is 0.812. The SMILES string of the molecule is COCCC1COC2(CCCN(Cc3nccn3C)C2)C1. The highest BCUT2D eigenvalue weighted by Gasteiger charge is 2.43. The molecule has 2 aliphatic heterocycles. The molecule has 2 saturated heterocycles. The van der Waals surface area contributed by atoms with Crippen molar-refractivity contribution in [2.45, 2.75) is 37.8 Å². The Morgan fingerprint density at radius 2 is 2.43 bits per heavy atom. The predicted molar refractivity (Wildman–Crippen MR) is 81.0 cm³/mol. The van der Waals surface area contributed by atoms with Crippen molar-refractivity contribution >= 4 is 0 Å². The molecule has 2 fully saturated rings. The first kappa shape index (κ1) is 15.0. The number of hydrogen-bond donors (Lipinski definition) is 0. The van der Waals surface area contributed by atoms with Crippen molar-refractivity contribution < 1.29 is 9.47 Å². The fourth-order valence-corrected chi connectivity index (χ4v) is 3.77. The Morgan fingerprint density at radius 1 is 1.52 bits per heavy atom. The molecule has 0 bridgehead atoms. The molecule has 0 N–H and O–H groups in total. The molecule has 2 atom stereocenters. The van der Waals surface area contributed by atoms with Crippen molar-refractivity contribution in [2.75, 3.05) is 33.4 Å². The number of piperidine rings is 1. The average molecular weight is 293 g/mol. The Hall–Kier alpha value is -0.910. The summed E-state index contributed by atoms with van der Waals surface area (Å²) in [5.41, 5.74) is 0.0851. The summed E-state index contributed by atoms with van der Waals surface area (Å²) >= 11 is 0. The van der Waals surface area contributed by atoms with E-state index >= 15 is 0 Å². The van der Waals surface area contributed by atoms with Gasteiger partial charge in [-0.3, -0.25) is 4.90 Å². The Morgan fingerprint density at radius 3 is 3.19 bits per heavy atom. The summed E-state index contributed by atoms with van der Waals surface area (Å²) in [5.74, 6) is 1.80. The van der Waals surface area contributed by atoms with Crippen LogP contribution in [-0.4, -0.2) is 53.5 Å². The van der Waals surface area contributed by atoms with Crippen molar-refractivity contribution in [1.82, 2.24) is 14.5 Å². The van der Waals surface area contributed by atoms with Crippen molar-refractivity contribution in [3.8, 4) is 0 Å². The number of rotatable bonds is 5. The number of methoxy groups -OCH3 is 1. The Kier molecular flexibility index (Phi) is 4.62. The van der Waals surface area contributed by atoms with Crippen molar-refractivity contribution in [2.24, 2.45) is 13.0 Å². The van der Waals surface area contributed by atoms with E-state index in [0.717, 1.165) is 45.1 Å². The van der Waals surface area contributed by atoms with Crippen LogP contribution >= 0.6 is 0 Å². The van der Waals surface area contributed by atoms with Gasteiger partial charge >= 0.3 is 0 Å². The van der Waals surface area contributed by atoms with Gasteiger partial charge in [0.1, 0.15) is 5.82 Å². The molecular formula is C16H27N3O2. The van der Waals surface area contributed by atoms with Gasteiger partial charge in [0, 0.05) is 39.7 Å². The number of aromatic nitrogens is 2. The molecule has 118 valence electrons. The van der Waals surface area contributed by atoms with Crippen LogP contribution < -0.4 is 0 Å². The maximum atomic E-state index is 6.25. The summed E-state index contributed by atoms with van der Waals surface area (Å²) in [6.45, 7) is 4.88. The highest BCUT2D eigenvalue weighted by molar-refractivity contribution is 4.97. The van der Waals surface area contributed by atoms with Crippen LogP contribution in [0.25, 0.3) is 0 Å². The number of likely N-dealkylation sites (tertiary alicyclic amines) is 1. The third-order valence-corrected chi connectivity index (χ3v) is 4.92. The average Bonchev–Trinajstić information content (AvgIpc) is 3.05. The molecule has 1 aromatic rings. The first-order chi connectivity index (χ1) is 10.2. The van der Waals surface area contributed by atoms with E-state index in [-0.39, 0.29) is 5.60 Å². The second-order valence-corrected chi connectivity index (χ2v) is 6.61. The molecule has 3 heterocycles. The predicted octanol–water partition coefficient (Wildman–Crippen LogP) is 1.83. The lowest BCUT2D eigenvalue weighted by molar-refractivity contribution is -0.0542. The summed E-state index contributed by atoms with van der Waals surface area (Å²) in [5, 5.41) is 0. The minimum absolute atomic E-state index is 0.0851. The van der Waals surface area contributed by atoms with E-state index in [4.69, 9.17) is 9.47 Å². The van der Waals surface area contributed by atoms with Crippen molar-refractivity contribution in [1.29, 1.82) is 0 Å². The first-order valence-electron chi connectivity index (χ1n) is 8.02. The van der Waals surface area contributed by atoms with E-state index in [1.54, 1.807) is 7.11 Å². The maximum Gasteiger partial charge on any atom is 0.122 e. The van der Waals surface area contributed by atoms with Gasteiger partial charge in [0.05, 0.1) is 18.8 Å². The second-order valence-electron chi connectivity index (χ2n) is 6.61. The topological polar surface area (TPSA) is 39.5 Å². The molecule has 3 rings (SSSR count). The van der Waals surface area contributed by atoms with E-state index in [1.807, 2.05) is 12.4 Å². The van der Waals surface area contributed by atoms with Crippen molar-refractivity contribution in [3.63, 3.8) is 0 Å². The monoisotopic (exact) mass is 293 g/mol. The minimum Gasteiger partial charge on any atom is -0.385 e. The van der Waals surface area contributed by atoms with E-state index in [9.17, 15) is 0 Å². The van der Waals surface area contributed by atoms with E-state index in [2.05, 4.69) is 21.5 Å². The molecule has 2 aliphatic rings. The Bertz CT molecular complexity index is 462. The van der Waals surface area contributed by atoms with Crippen LogP contribution in [0.4, 0.5) is 0 Å². The zero-order valence-electron chi connectivity index (χ0n) is 13.3. The number of nitrogens with zero attached hydrogens (tertiary/aromatic N) is 3. The van der Waals surface area contributed by atoms with E-state index in [1.165, 1.54) is 19.3 Å². The molecule has 5 nitrogen and oxygen atoms in total. The molecule has 0 aliphatic carbocycles. The molecule has 1 spiro atoms. The van der Waals surface area contributed by atoms with Gasteiger partial charge in [-0.05, 0) is 38.1 Å². The molecular weight excluding hydrogens is 266 g/mol. The van der Waals surface area contributed by atoms with Crippen LogP contribution in [0.15, 0.2) is 12.4 Å². The maximum absolute atomic E-state index is 6.25. The number of aryl methyl sites for hydroxylation is 1. The van der Waals surface area contributed by atoms with Crippen LogP contribution in [0.5, 0.6) is 0 Å². The van der Waals surface area contributed by atoms with E-state index in [0.29, 0.717) is 5.92 Å². The molecule has 0 aromatic carbocycles. The summed E-state index contributed by atoms with van der Waals surface area (Å²) < 4.78 is 13.6. The van der Waals surface area contributed by atoms with Crippen LogP contribution in [0, 0.1) is 5.92 Å². The lowest BCUT2D eigenvalue weighted by Crippen LogP contribution is -2.47. The smallest absolute Gasteiger partial charge is 0.122 e. The summed E-state index contributed by atoms with van der Waals surface area (Å²) in [7, 11) is 3.84. The van der Waals surface area contributed by atoms with Gasteiger partial charge in [0.2, 0.25) is 0 Å². The van der Waals surface area contributed by atoms with Gasteiger partial charge in [-0.25, -0.2) is 4.98 Å². The lowest BCUT2D eigenvalue weighted by Gasteiger charge is -2.39. The highest BCUT2D eigenvalue weighted by atomic mass is 16.5. The normalized spacial score (nSPS) is 30.3. The highest BCUT2D eigenvalue weighted by Crippen LogP contribution is 2.38. The van der Waals surface area contributed by atoms with Crippen LogP contribution in [0.1, 0.15) is 31.5 Å². The zero-order valence-corrected chi connectivity index (χ0v) is 13.3. The standard InChI is InChI=1S/C16H27N3O2/c1-18-8-6-17-15(18)11-19-7-3-5-16(13-19)10-14(12-21-16)4-9-20-2/h6,8,14H,3-5,7,9-13H2,1-2H3. The van der Waals surface area contributed by atoms with Crippen LogP contribution in [0.3, 0.4) is 0 Å².